The Bertz CT molecular complexity index is 1310. The summed E-state index contributed by atoms with van der Waals surface area (Å²) in [4.78, 5) is 38.8. The van der Waals surface area contributed by atoms with Crippen LogP contribution < -0.4 is 10.1 Å². The summed E-state index contributed by atoms with van der Waals surface area (Å²) in [5, 5.41) is 2.00. The summed E-state index contributed by atoms with van der Waals surface area (Å²) in [7, 11) is 0. The number of carbonyl (C=O) groups is 3. The first-order valence-electron chi connectivity index (χ1n) is 10.6. The predicted molar refractivity (Wildman–Crippen MR) is 137 cm³/mol. The van der Waals surface area contributed by atoms with Gasteiger partial charge in [-0.15, -0.1) is 0 Å². The van der Waals surface area contributed by atoms with Crippen molar-refractivity contribution in [2.75, 3.05) is 11.9 Å². The number of imide groups is 1. The molecule has 1 heterocycles. The van der Waals surface area contributed by atoms with E-state index in [-0.39, 0.29) is 4.91 Å². The van der Waals surface area contributed by atoms with Crippen LogP contribution in [-0.2, 0) is 16.2 Å². The van der Waals surface area contributed by atoms with Gasteiger partial charge in [0.1, 0.15) is 24.7 Å². The number of nitrogens with one attached hydrogen (secondary N) is 1. The quantitative estimate of drug-likeness (QED) is 0.354. The Kier molecular flexibility index (Phi) is 7.67. The topological polar surface area (TPSA) is 75.7 Å². The number of carbonyl (C=O) groups excluding carboxylic acids is 3. The van der Waals surface area contributed by atoms with Gasteiger partial charge < -0.3 is 10.1 Å². The smallest absolute Gasteiger partial charge is 0.294 e. The monoisotopic (exact) mass is 554 g/mol. The highest BCUT2D eigenvalue weighted by Gasteiger charge is 2.36. The van der Waals surface area contributed by atoms with Gasteiger partial charge in [0.15, 0.2) is 0 Å². The molecule has 3 aromatic rings. The summed E-state index contributed by atoms with van der Waals surface area (Å²) in [5.74, 6) is -1.02. The molecule has 35 heavy (non-hydrogen) atoms. The van der Waals surface area contributed by atoms with Crippen LogP contribution in [0.5, 0.6) is 5.75 Å². The van der Waals surface area contributed by atoms with Crippen molar-refractivity contribution in [3.05, 3.63) is 98.6 Å². The summed E-state index contributed by atoms with van der Waals surface area (Å²) in [6, 6.07) is 18.6. The second kappa shape index (κ2) is 10.9. The van der Waals surface area contributed by atoms with Crippen molar-refractivity contribution >= 4 is 56.5 Å². The van der Waals surface area contributed by atoms with Gasteiger partial charge in [0.25, 0.3) is 11.1 Å². The van der Waals surface area contributed by atoms with Crippen LogP contribution in [-0.4, -0.2) is 28.5 Å². The van der Waals surface area contributed by atoms with Crippen molar-refractivity contribution in [1.29, 1.82) is 0 Å². The van der Waals surface area contributed by atoms with E-state index in [4.69, 9.17) is 4.74 Å². The molecule has 1 fully saturated rings. The number of hydrogen-bond acceptors (Lipinski definition) is 5. The van der Waals surface area contributed by atoms with E-state index in [0.29, 0.717) is 23.6 Å². The maximum Gasteiger partial charge on any atom is 0.294 e. The van der Waals surface area contributed by atoms with Gasteiger partial charge in [-0.2, -0.15) is 0 Å². The first kappa shape index (κ1) is 24.7. The molecule has 0 aliphatic carbocycles. The molecule has 0 unspecified atom stereocenters. The van der Waals surface area contributed by atoms with Crippen molar-refractivity contribution in [1.82, 2.24) is 4.90 Å². The van der Waals surface area contributed by atoms with Gasteiger partial charge in [0.2, 0.25) is 5.91 Å². The van der Waals surface area contributed by atoms with Crippen molar-refractivity contribution in [2.45, 2.75) is 13.5 Å². The van der Waals surface area contributed by atoms with Crippen molar-refractivity contribution in [3.63, 3.8) is 0 Å². The lowest BCUT2D eigenvalue weighted by Crippen LogP contribution is -2.36. The number of benzene rings is 3. The van der Waals surface area contributed by atoms with Crippen LogP contribution in [0, 0.1) is 12.7 Å². The Morgan fingerprint density at radius 2 is 1.80 bits per heavy atom. The van der Waals surface area contributed by atoms with Crippen molar-refractivity contribution < 1.29 is 23.5 Å². The van der Waals surface area contributed by atoms with Crippen LogP contribution in [0.4, 0.5) is 14.9 Å². The van der Waals surface area contributed by atoms with E-state index in [1.807, 2.05) is 37.3 Å². The van der Waals surface area contributed by atoms with E-state index in [0.717, 1.165) is 32.3 Å². The fourth-order valence-electron chi connectivity index (χ4n) is 3.26. The minimum Gasteiger partial charge on any atom is -0.488 e. The zero-order valence-corrected chi connectivity index (χ0v) is 21.0. The molecule has 1 aliphatic heterocycles. The number of hydrogen-bond donors (Lipinski definition) is 1. The van der Waals surface area contributed by atoms with Crippen LogP contribution in [0.1, 0.15) is 16.7 Å². The summed E-state index contributed by atoms with van der Waals surface area (Å²) in [5.41, 5.74) is 3.13. The largest absolute Gasteiger partial charge is 0.488 e. The summed E-state index contributed by atoms with van der Waals surface area (Å²) in [6.45, 7) is 1.90. The molecule has 9 heteroatoms. The van der Waals surface area contributed by atoms with E-state index in [1.54, 1.807) is 18.2 Å². The van der Waals surface area contributed by atoms with Crippen LogP contribution in [0.25, 0.3) is 6.08 Å². The van der Waals surface area contributed by atoms with Gasteiger partial charge in [-0.3, -0.25) is 19.3 Å². The number of halogens is 2. The second-order valence-electron chi connectivity index (χ2n) is 7.78. The maximum atomic E-state index is 13.0. The highest BCUT2D eigenvalue weighted by Crippen LogP contribution is 2.35. The number of amides is 3. The third-order valence-electron chi connectivity index (χ3n) is 5.08. The lowest BCUT2D eigenvalue weighted by molar-refractivity contribution is -0.127. The molecule has 4 rings (SSSR count). The highest BCUT2D eigenvalue weighted by atomic mass is 79.9. The minimum absolute atomic E-state index is 0.183. The third-order valence-corrected chi connectivity index (χ3v) is 6.48. The first-order valence-corrected chi connectivity index (χ1v) is 12.2. The van der Waals surface area contributed by atoms with Crippen LogP contribution in [0.2, 0.25) is 0 Å². The van der Waals surface area contributed by atoms with E-state index in [1.165, 1.54) is 24.3 Å². The summed E-state index contributed by atoms with van der Waals surface area (Å²) in [6.07, 6.45) is 1.58. The summed E-state index contributed by atoms with van der Waals surface area (Å²) >= 11 is 4.18. The Hall–Kier alpha value is -3.43. The van der Waals surface area contributed by atoms with Crippen molar-refractivity contribution in [2.24, 2.45) is 0 Å². The fourth-order valence-corrected chi connectivity index (χ4v) is 4.47. The predicted octanol–water partition coefficient (Wildman–Crippen LogP) is 6.15. The second-order valence-corrected chi connectivity index (χ2v) is 9.69. The average Bonchev–Trinajstić information content (AvgIpc) is 3.08. The number of anilines is 1. The number of ether oxygens (including phenoxy) is 1. The molecule has 0 spiro atoms. The number of nitrogens with zero attached hydrogens (tertiary/aromatic N) is 1. The van der Waals surface area contributed by atoms with Gasteiger partial charge in [0, 0.05) is 15.7 Å². The molecular formula is C26H20BrFN2O4S. The highest BCUT2D eigenvalue weighted by molar-refractivity contribution is 9.10. The molecule has 1 N–H and O–H groups in total. The molecule has 3 aromatic carbocycles. The van der Waals surface area contributed by atoms with Crippen LogP contribution in [0.15, 0.2) is 76.1 Å². The van der Waals surface area contributed by atoms with Gasteiger partial charge >= 0.3 is 0 Å². The Morgan fingerprint density at radius 1 is 1.09 bits per heavy atom. The summed E-state index contributed by atoms with van der Waals surface area (Å²) < 4.78 is 19.8. The normalized spacial score (nSPS) is 14.5. The Balaban J connectivity index is 1.47. The molecule has 0 saturated carbocycles. The lowest BCUT2D eigenvalue weighted by atomic mass is 10.1. The zero-order chi connectivity index (χ0) is 24.9. The van der Waals surface area contributed by atoms with Gasteiger partial charge in [-0.1, -0.05) is 45.8 Å². The first-order chi connectivity index (χ1) is 16.8. The standard InChI is InChI=1S/C26H20BrFN2O4S/c1-16-2-4-17(5-3-16)15-34-22-11-6-19(27)12-18(22)13-23-25(32)30(26(33)35-23)14-24(31)29-21-9-7-20(28)8-10-21/h2-13H,14-15H2,1H3,(H,29,31)/b23-13-. The van der Waals surface area contributed by atoms with E-state index < -0.39 is 29.4 Å². The SMILES string of the molecule is Cc1ccc(COc2ccc(Br)cc2/C=C2\SC(=O)N(CC(=O)Nc3ccc(F)cc3)C2=O)cc1. The average molecular weight is 555 g/mol. The number of rotatable bonds is 7. The molecule has 1 aliphatic rings. The molecule has 3 amide bonds. The lowest BCUT2D eigenvalue weighted by Gasteiger charge is -2.13. The molecule has 0 aromatic heterocycles. The molecule has 6 nitrogen and oxygen atoms in total. The third kappa shape index (κ3) is 6.37. The van der Waals surface area contributed by atoms with Gasteiger partial charge in [0.05, 0.1) is 4.91 Å². The molecule has 1 saturated heterocycles. The fraction of sp³-hybridized carbons (Fsp3) is 0.115. The van der Waals surface area contributed by atoms with E-state index in [9.17, 15) is 18.8 Å². The molecule has 0 radical (unpaired) electrons. The number of thioether (sulfide) groups is 1. The molecule has 178 valence electrons. The van der Waals surface area contributed by atoms with Gasteiger partial charge in [-0.25, -0.2) is 4.39 Å². The van der Waals surface area contributed by atoms with E-state index >= 15 is 0 Å². The Labute approximate surface area is 214 Å². The zero-order valence-electron chi connectivity index (χ0n) is 18.6. The molecule has 0 bridgehead atoms. The van der Waals surface area contributed by atoms with E-state index in [2.05, 4.69) is 21.2 Å². The van der Waals surface area contributed by atoms with Crippen LogP contribution >= 0.6 is 27.7 Å². The number of aryl methyl sites for hydroxylation is 1. The molecular weight excluding hydrogens is 535 g/mol. The maximum absolute atomic E-state index is 13.0. The van der Waals surface area contributed by atoms with Crippen LogP contribution in [0.3, 0.4) is 0 Å². The molecule has 0 atom stereocenters. The minimum atomic E-state index is -0.571. The Morgan fingerprint density at radius 3 is 2.51 bits per heavy atom. The van der Waals surface area contributed by atoms with Gasteiger partial charge in [-0.05, 0) is 72.8 Å². The van der Waals surface area contributed by atoms with Crippen molar-refractivity contribution in [3.8, 4) is 5.75 Å².